The van der Waals surface area contributed by atoms with Crippen LogP contribution in [-0.2, 0) is 0 Å². The molecule has 13 heavy (non-hydrogen) atoms. The predicted octanol–water partition coefficient (Wildman–Crippen LogP) is 1.81. The molecule has 0 radical (unpaired) electrons. The third-order valence-corrected chi connectivity index (χ3v) is 2.90. The standard InChI is InChI=1S/C11H24N2/c1-4-6-12-8-9-13(7-5-2)11(3)10-12/h11H,4-10H2,1-3H3. The lowest BCUT2D eigenvalue weighted by molar-refractivity contribution is 0.0838. The second-order valence-electron chi connectivity index (χ2n) is 4.19. The van der Waals surface area contributed by atoms with Crippen molar-refractivity contribution in [1.82, 2.24) is 9.80 Å². The van der Waals surface area contributed by atoms with E-state index in [4.69, 9.17) is 0 Å². The van der Waals surface area contributed by atoms with Crippen molar-refractivity contribution in [3.05, 3.63) is 0 Å². The molecule has 1 rings (SSSR count). The minimum atomic E-state index is 0.764. The van der Waals surface area contributed by atoms with Crippen LogP contribution in [0.5, 0.6) is 0 Å². The summed E-state index contributed by atoms with van der Waals surface area (Å²) < 4.78 is 0. The van der Waals surface area contributed by atoms with E-state index in [9.17, 15) is 0 Å². The van der Waals surface area contributed by atoms with E-state index in [1.165, 1.54) is 45.6 Å². The van der Waals surface area contributed by atoms with Gasteiger partial charge in [-0.3, -0.25) is 4.90 Å². The lowest BCUT2D eigenvalue weighted by Crippen LogP contribution is -2.51. The number of nitrogens with zero attached hydrogens (tertiary/aromatic N) is 2. The third-order valence-electron chi connectivity index (χ3n) is 2.90. The molecule has 1 unspecified atom stereocenters. The molecule has 0 aliphatic carbocycles. The Morgan fingerprint density at radius 2 is 1.77 bits per heavy atom. The van der Waals surface area contributed by atoms with Gasteiger partial charge in [-0.05, 0) is 32.9 Å². The Labute approximate surface area is 82.9 Å². The summed E-state index contributed by atoms with van der Waals surface area (Å²) in [6.07, 6.45) is 2.58. The van der Waals surface area contributed by atoms with Crippen molar-refractivity contribution in [3.63, 3.8) is 0 Å². The molecule has 0 saturated carbocycles. The van der Waals surface area contributed by atoms with Gasteiger partial charge >= 0.3 is 0 Å². The van der Waals surface area contributed by atoms with Crippen molar-refractivity contribution >= 4 is 0 Å². The molecule has 0 N–H and O–H groups in total. The average Bonchev–Trinajstić information content (AvgIpc) is 2.10. The molecule has 0 spiro atoms. The lowest BCUT2D eigenvalue weighted by atomic mass is 10.2. The van der Waals surface area contributed by atoms with Crippen LogP contribution in [0.25, 0.3) is 0 Å². The zero-order valence-electron chi connectivity index (χ0n) is 9.42. The third kappa shape index (κ3) is 3.28. The van der Waals surface area contributed by atoms with E-state index in [1.807, 2.05) is 0 Å². The van der Waals surface area contributed by atoms with Crippen molar-refractivity contribution < 1.29 is 0 Å². The predicted molar refractivity (Wildman–Crippen MR) is 58.1 cm³/mol. The molecular weight excluding hydrogens is 160 g/mol. The molecule has 0 bridgehead atoms. The van der Waals surface area contributed by atoms with Crippen molar-refractivity contribution in [2.75, 3.05) is 32.7 Å². The van der Waals surface area contributed by atoms with Crippen LogP contribution in [0, 0.1) is 0 Å². The Morgan fingerprint density at radius 3 is 2.31 bits per heavy atom. The molecule has 1 aliphatic heterocycles. The van der Waals surface area contributed by atoms with E-state index < -0.39 is 0 Å². The summed E-state index contributed by atoms with van der Waals surface area (Å²) in [5, 5.41) is 0. The van der Waals surface area contributed by atoms with Gasteiger partial charge in [0, 0.05) is 25.7 Å². The van der Waals surface area contributed by atoms with Crippen LogP contribution in [-0.4, -0.2) is 48.6 Å². The first kappa shape index (κ1) is 11.0. The smallest absolute Gasteiger partial charge is 0.0195 e. The van der Waals surface area contributed by atoms with E-state index in [1.54, 1.807) is 0 Å². The SMILES string of the molecule is CCCN1CCN(CCC)C(C)C1. The van der Waals surface area contributed by atoms with Crippen LogP contribution < -0.4 is 0 Å². The van der Waals surface area contributed by atoms with Crippen LogP contribution in [0.4, 0.5) is 0 Å². The fourth-order valence-corrected chi connectivity index (χ4v) is 2.21. The van der Waals surface area contributed by atoms with Gasteiger partial charge in [-0.15, -0.1) is 0 Å². The van der Waals surface area contributed by atoms with Crippen LogP contribution >= 0.6 is 0 Å². The van der Waals surface area contributed by atoms with Gasteiger partial charge in [-0.2, -0.15) is 0 Å². The van der Waals surface area contributed by atoms with Crippen molar-refractivity contribution in [3.8, 4) is 0 Å². The molecular formula is C11H24N2. The van der Waals surface area contributed by atoms with Gasteiger partial charge in [0.1, 0.15) is 0 Å². The minimum absolute atomic E-state index is 0.764. The summed E-state index contributed by atoms with van der Waals surface area (Å²) >= 11 is 0. The topological polar surface area (TPSA) is 6.48 Å². The Morgan fingerprint density at radius 1 is 1.08 bits per heavy atom. The van der Waals surface area contributed by atoms with Crippen LogP contribution in [0.3, 0.4) is 0 Å². The number of hydrogen-bond acceptors (Lipinski definition) is 2. The highest BCUT2D eigenvalue weighted by atomic mass is 15.3. The summed E-state index contributed by atoms with van der Waals surface area (Å²) in [6, 6.07) is 0.764. The van der Waals surface area contributed by atoms with Gasteiger partial charge in [0.15, 0.2) is 0 Å². The first-order chi connectivity index (χ1) is 6.27. The second-order valence-corrected chi connectivity index (χ2v) is 4.19. The molecule has 1 heterocycles. The molecule has 1 atom stereocenters. The van der Waals surface area contributed by atoms with E-state index in [0.29, 0.717) is 0 Å². The molecule has 0 aromatic carbocycles. The molecule has 0 amide bonds. The quantitative estimate of drug-likeness (QED) is 0.657. The summed E-state index contributed by atoms with van der Waals surface area (Å²) in [6.45, 7) is 13.3. The highest BCUT2D eigenvalue weighted by molar-refractivity contribution is 4.78. The van der Waals surface area contributed by atoms with E-state index in [0.717, 1.165) is 6.04 Å². The normalized spacial score (nSPS) is 26.5. The number of piperazine rings is 1. The van der Waals surface area contributed by atoms with Gasteiger partial charge in [0.05, 0.1) is 0 Å². The molecule has 2 heteroatoms. The van der Waals surface area contributed by atoms with Crippen molar-refractivity contribution in [2.24, 2.45) is 0 Å². The first-order valence-corrected chi connectivity index (χ1v) is 5.74. The molecule has 1 fully saturated rings. The zero-order chi connectivity index (χ0) is 9.68. The molecule has 1 saturated heterocycles. The highest BCUT2D eigenvalue weighted by Gasteiger charge is 2.21. The fourth-order valence-electron chi connectivity index (χ4n) is 2.21. The Hall–Kier alpha value is -0.0800. The minimum Gasteiger partial charge on any atom is -0.301 e. The van der Waals surface area contributed by atoms with Gasteiger partial charge < -0.3 is 4.90 Å². The first-order valence-electron chi connectivity index (χ1n) is 5.74. The molecule has 0 aromatic heterocycles. The molecule has 78 valence electrons. The van der Waals surface area contributed by atoms with Crippen molar-refractivity contribution in [1.29, 1.82) is 0 Å². The second kappa shape index (κ2) is 5.61. The van der Waals surface area contributed by atoms with E-state index in [-0.39, 0.29) is 0 Å². The molecule has 0 aromatic rings. The maximum Gasteiger partial charge on any atom is 0.0195 e. The molecule has 2 nitrogen and oxygen atoms in total. The van der Waals surface area contributed by atoms with Gasteiger partial charge in [-0.1, -0.05) is 13.8 Å². The molecule has 1 aliphatic rings. The number of hydrogen-bond donors (Lipinski definition) is 0. The number of rotatable bonds is 4. The fraction of sp³-hybridized carbons (Fsp3) is 1.00. The summed E-state index contributed by atoms with van der Waals surface area (Å²) in [5.74, 6) is 0. The van der Waals surface area contributed by atoms with Gasteiger partial charge in [0.2, 0.25) is 0 Å². The summed E-state index contributed by atoms with van der Waals surface area (Å²) in [5.41, 5.74) is 0. The summed E-state index contributed by atoms with van der Waals surface area (Å²) in [7, 11) is 0. The largest absolute Gasteiger partial charge is 0.301 e. The van der Waals surface area contributed by atoms with Gasteiger partial charge in [-0.25, -0.2) is 0 Å². The maximum atomic E-state index is 2.62. The van der Waals surface area contributed by atoms with E-state index in [2.05, 4.69) is 30.6 Å². The maximum absolute atomic E-state index is 2.62. The Bertz CT molecular complexity index is 136. The monoisotopic (exact) mass is 184 g/mol. The van der Waals surface area contributed by atoms with E-state index >= 15 is 0 Å². The Balaban J connectivity index is 2.28. The zero-order valence-corrected chi connectivity index (χ0v) is 9.42. The van der Waals surface area contributed by atoms with Crippen LogP contribution in [0.2, 0.25) is 0 Å². The highest BCUT2D eigenvalue weighted by Crippen LogP contribution is 2.09. The van der Waals surface area contributed by atoms with Gasteiger partial charge in [0.25, 0.3) is 0 Å². The lowest BCUT2D eigenvalue weighted by Gasteiger charge is -2.39. The average molecular weight is 184 g/mol. The van der Waals surface area contributed by atoms with Crippen LogP contribution in [0.1, 0.15) is 33.6 Å². The Kier molecular flexibility index (Phi) is 4.74. The van der Waals surface area contributed by atoms with Crippen molar-refractivity contribution in [2.45, 2.75) is 39.7 Å². The van der Waals surface area contributed by atoms with Crippen LogP contribution in [0.15, 0.2) is 0 Å². The summed E-state index contributed by atoms with van der Waals surface area (Å²) in [4.78, 5) is 5.21.